The van der Waals surface area contributed by atoms with Crippen molar-refractivity contribution >= 4 is 17.7 Å². The summed E-state index contributed by atoms with van der Waals surface area (Å²) in [5.74, 6) is 2.69. The molecule has 2 bridgehead atoms. The number of amides is 1. The van der Waals surface area contributed by atoms with Crippen LogP contribution in [0.5, 0.6) is 0 Å². The van der Waals surface area contributed by atoms with Crippen molar-refractivity contribution in [3.05, 3.63) is 118 Å². The average Bonchev–Trinajstić information content (AvgIpc) is 3.23. The number of carbonyl (C=O) groups excluding carboxylic acids is 1. The second-order valence-electron chi connectivity index (χ2n) is 9.58. The molecule has 0 radical (unpaired) electrons. The third-order valence-corrected chi connectivity index (χ3v) is 8.73. The fourth-order valence-electron chi connectivity index (χ4n) is 5.92. The molecule has 1 amide bonds. The van der Waals surface area contributed by atoms with Gasteiger partial charge in [0.1, 0.15) is 5.76 Å². The Bertz CT molecular complexity index is 1340. The van der Waals surface area contributed by atoms with E-state index in [4.69, 9.17) is 4.52 Å². The number of carbonyl (C=O) groups is 1. The highest BCUT2D eigenvalue weighted by Crippen LogP contribution is 2.55. The van der Waals surface area contributed by atoms with Gasteiger partial charge in [-0.25, -0.2) is 0 Å². The van der Waals surface area contributed by atoms with Crippen LogP contribution in [0.4, 0.5) is 0 Å². The van der Waals surface area contributed by atoms with E-state index in [1.54, 1.807) is 11.8 Å². The van der Waals surface area contributed by atoms with Gasteiger partial charge in [0.15, 0.2) is 0 Å². The van der Waals surface area contributed by atoms with Crippen LogP contribution in [-0.4, -0.2) is 17.6 Å². The lowest BCUT2D eigenvalue weighted by atomic mass is 9.59. The molecule has 3 aromatic carbocycles. The fourth-order valence-corrected chi connectivity index (χ4v) is 7.12. The second kappa shape index (κ2) is 9.04. The van der Waals surface area contributed by atoms with Crippen LogP contribution in [0.1, 0.15) is 67.9 Å². The molecule has 0 saturated heterocycles. The monoisotopic (exact) mass is 480 g/mol. The van der Waals surface area contributed by atoms with E-state index in [1.165, 1.54) is 22.3 Å². The number of aromatic nitrogens is 1. The molecule has 1 atom stereocenters. The van der Waals surface area contributed by atoms with E-state index in [9.17, 15) is 4.79 Å². The lowest BCUT2D eigenvalue weighted by Gasteiger charge is -2.45. The third kappa shape index (κ3) is 3.88. The van der Waals surface area contributed by atoms with Crippen molar-refractivity contribution in [2.24, 2.45) is 5.92 Å². The largest absolute Gasteiger partial charge is 0.361 e. The Morgan fingerprint density at radius 1 is 0.943 bits per heavy atom. The summed E-state index contributed by atoms with van der Waals surface area (Å²) >= 11 is 1.66. The molecular weight excluding hydrogens is 452 g/mol. The summed E-state index contributed by atoms with van der Waals surface area (Å²) < 4.78 is 5.30. The lowest BCUT2D eigenvalue weighted by molar-refractivity contribution is 0.0940. The van der Waals surface area contributed by atoms with Gasteiger partial charge in [-0.2, -0.15) is 0 Å². The maximum absolute atomic E-state index is 13.3. The van der Waals surface area contributed by atoms with Crippen molar-refractivity contribution in [2.75, 3.05) is 6.54 Å². The van der Waals surface area contributed by atoms with Crippen LogP contribution in [0.3, 0.4) is 0 Å². The second-order valence-corrected chi connectivity index (χ2v) is 10.6. The molecule has 35 heavy (non-hydrogen) atoms. The number of benzene rings is 3. The van der Waals surface area contributed by atoms with E-state index in [0.717, 1.165) is 39.7 Å². The first-order chi connectivity index (χ1) is 17.1. The van der Waals surface area contributed by atoms with E-state index >= 15 is 0 Å². The molecule has 176 valence electrons. The molecule has 0 spiro atoms. The molecule has 4 aromatic rings. The molecule has 7 rings (SSSR count). The van der Waals surface area contributed by atoms with Crippen LogP contribution in [0.15, 0.2) is 82.2 Å². The number of hydrogen-bond donors (Lipinski definition) is 1. The van der Waals surface area contributed by atoms with E-state index in [0.29, 0.717) is 24.3 Å². The number of fused-ring (bicyclic) bond motifs is 1. The highest BCUT2D eigenvalue weighted by Gasteiger charge is 2.42. The Morgan fingerprint density at radius 2 is 1.57 bits per heavy atom. The minimum atomic E-state index is -0.00474. The van der Waals surface area contributed by atoms with Crippen LogP contribution >= 0.6 is 11.8 Å². The quantitative estimate of drug-likeness (QED) is 0.316. The van der Waals surface area contributed by atoms with Gasteiger partial charge >= 0.3 is 0 Å². The minimum absolute atomic E-state index is 0.00474. The van der Waals surface area contributed by atoms with Gasteiger partial charge in [0.05, 0.1) is 11.3 Å². The molecule has 0 saturated carbocycles. The van der Waals surface area contributed by atoms with Gasteiger partial charge < -0.3 is 9.84 Å². The van der Waals surface area contributed by atoms with Gasteiger partial charge in [-0.05, 0) is 60.6 Å². The van der Waals surface area contributed by atoms with Crippen LogP contribution in [0.2, 0.25) is 0 Å². The van der Waals surface area contributed by atoms with Crippen LogP contribution < -0.4 is 5.32 Å². The number of rotatable bonds is 6. The first-order valence-corrected chi connectivity index (χ1v) is 13.2. The number of aryl methyl sites for hydroxylation is 2. The van der Waals surface area contributed by atoms with Crippen molar-refractivity contribution in [3.63, 3.8) is 0 Å². The number of nitrogens with zero attached hydrogens (tertiary/aromatic N) is 1. The number of hydrogen-bond acceptors (Lipinski definition) is 4. The SMILES string of the molecule is Cc1noc(C)c1CSc1ccccc1C(=O)NCC1CC2c3ccccc3C1c1ccccc12. The molecule has 1 aromatic heterocycles. The Morgan fingerprint density at radius 3 is 2.23 bits per heavy atom. The zero-order valence-electron chi connectivity index (χ0n) is 20.0. The maximum atomic E-state index is 13.3. The van der Waals surface area contributed by atoms with Crippen LogP contribution in [-0.2, 0) is 5.75 Å². The van der Waals surface area contributed by atoms with Gasteiger partial charge in [0, 0.05) is 34.6 Å². The minimum Gasteiger partial charge on any atom is -0.361 e. The fraction of sp³-hybridized carbons (Fsp3) is 0.267. The molecule has 1 heterocycles. The summed E-state index contributed by atoms with van der Waals surface area (Å²) in [5, 5.41) is 7.34. The van der Waals surface area contributed by atoms with Crippen molar-refractivity contribution in [1.29, 1.82) is 0 Å². The highest BCUT2D eigenvalue weighted by atomic mass is 32.2. The van der Waals surface area contributed by atoms with Gasteiger partial charge in [0.2, 0.25) is 0 Å². The summed E-state index contributed by atoms with van der Waals surface area (Å²) in [7, 11) is 0. The predicted molar refractivity (Wildman–Crippen MR) is 139 cm³/mol. The highest BCUT2D eigenvalue weighted by molar-refractivity contribution is 7.98. The summed E-state index contributed by atoms with van der Waals surface area (Å²) in [6.07, 6.45) is 1.07. The predicted octanol–water partition coefficient (Wildman–Crippen LogP) is 6.61. The van der Waals surface area contributed by atoms with Gasteiger partial charge in [0.25, 0.3) is 5.91 Å². The normalized spacial score (nSPS) is 19.8. The molecule has 0 fully saturated rings. The van der Waals surface area contributed by atoms with Crippen molar-refractivity contribution in [2.45, 2.75) is 42.8 Å². The van der Waals surface area contributed by atoms with Crippen LogP contribution in [0.25, 0.3) is 0 Å². The molecule has 1 unspecified atom stereocenters. The molecule has 0 aliphatic heterocycles. The Hall–Kier alpha value is -3.31. The summed E-state index contributed by atoms with van der Waals surface area (Å²) in [6.45, 7) is 4.56. The van der Waals surface area contributed by atoms with E-state index in [-0.39, 0.29) is 5.91 Å². The van der Waals surface area contributed by atoms with E-state index in [2.05, 4.69) is 59.0 Å². The van der Waals surface area contributed by atoms with Crippen molar-refractivity contribution in [1.82, 2.24) is 10.5 Å². The smallest absolute Gasteiger partial charge is 0.252 e. The molecule has 3 aliphatic carbocycles. The standard InChI is InChI=1S/C30H28N2O2S/c1-18-27(19(2)34-32-18)17-35-28-14-8-7-13-25(28)30(33)31-16-20-15-26-21-9-3-5-11-23(21)29(20)24-12-6-4-10-22(24)26/h3-14,20,26,29H,15-17H2,1-2H3,(H,31,33). The Kier molecular flexibility index (Phi) is 5.73. The third-order valence-electron chi connectivity index (χ3n) is 7.63. The zero-order chi connectivity index (χ0) is 23.9. The lowest BCUT2D eigenvalue weighted by Crippen LogP contribution is -2.39. The molecule has 5 heteroatoms. The Labute approximate surface area is 210 Å². The summed E-state index contributed by atoms with van der Waals surface area (Å²) in [6, 6.07) is 25.6. The average molecular weight is 481 g/mol. The van der Waals surface area contributed by atoms with E-state index < -0.39 is 0 Å². The first-order valence-electron chi connectivity index (χ1n) is 12.2. The number of thioether (sulfide) groups is 1. The van der Waals surface area contributed by atoms with Gasteiger partial charge in [-0.3, -0.25) is 4.79 Å². The Balaban J connectivity index is 1.20. The van der Waals surface area contributed by atoms with E-state index in [1.807, 2.05) is 38.1 Å². The maximum Gasteiger partial charge on any atom is 0.252 e. The summed E-state index contributed by atoms with van der Waals surface area (Å²) in [4.78, 5) is 14.3. The number of nitrogens with one attached hydrogen (secondary N) is 1. The zero-order valence-corrected chi connectivity index (χ0v) is 20.8. The molecule has 3 aliphatic rings. The van der Waals surface area contributed by atoms with Crippen molar-refractivity contribution < 1.29 is 9.32 Å². The molecule has 1 N–H and O–H groups in total. The first kappa shape index (κ1) is 22.2. The summed E-state index contributed by atoms with van der Waals surface area (Å²) in [5.41, 5.74) is 8.51. The van der Waals surface area contributed by atoms with Crippen LogP contribution in [0, 0.1) is 19.8 Å². The molecule has 4 nitrogen and oxygen atoms in total. The van der Waals surface area contributed by atoms with Crippen molar-refractivity contribution in [3.8, 4) is 0 Å². The topological polar surface area (TPSA) is 55.1 Å². The van der Waals surface area contributed by atoms with Gasteiger partial charge in [-0.1, -0.05) is 65.8 Å². The van der Waals surface area contributed by atoms with Gasteiger partial charge in [-0.15, -0.1) is 11.8 Å². The molecular formula is C30H28N2O2S.